The van der Waals surface area contributed by atoms with E-state index >= 15 is 0 Å². The number of aromatic nitrogens is 2. The summed E-state index contributed by atoms with van der Waals surface area (Å²) in [4.78, 5) is 15.3. The summed E-state index contributed by atoms with van der Waals surface area (Å²) >= 11 is 0. The van der Waals surface area contributed by atoms with Gasteiger partial charge in [-0.15, -0.1) is 0 Å². The molecule has 0 fully saturated rings. The van der Waals surface area contributed by atoms with Gasteiger partial charge in [0.15, 0.2) is 18.2 Å². The van der Waals surface area contributed by atoms with E-state index in [-0.39, 0.29) is 23.2 Å². The Kier molecular flexibility index (Phi) is 11.0. The Morgan fingerprint density at radius 3 is 2.22 bits per heavy atom. The summed E-state index contributed by atoms with van der Waals surface area (Å²) in [5.74, 6) is 0.337. The highest BCUT2D eigenvalue weighted by molar-refractivity contribution is 7.85. The molecule has 0 aliphatic heterocycles. The van der Waals surface area contributed by atoms with Crippen LogP contribution in [0.1, 0.15) is 21.7 Å². The van der Waals surface area contributed by atoms with Crippen molar-refractivity contribution in [2.24, 2.45) is 0 Å². The van der Waals surface area contributed by atoms with Crippen molar-refractivity contribution in [2.75, 3.05) is 14.2 Å². The SMILES string of the molecule is CNC(=O)c1c(-c2ccc(F)cc2)oc2cc(-c3cc(CO)on3)c(OC)cc12.Cc1ccc(S(=O)(=O)[O-])cc1.c1cc[nH+]cc1. The van der Waals surface area contributed by atoms with E-state index in [0.29, 0.717) is 50.6 Å². The van der Waals surface area contributed by atoms with E-state index in [9.17, 15) is 27.3 Å². The van der Waals surface area contributed by atoms with E-state index in [4.69, 9.17) is 13.7 Å². The first-order chi connectivity index (χ1) is 22.0. The number of pyridine rings is 1. The van der Waals surface area contributed by atoms with E-state index in [2.05, 4.69) is 15.5 Å². The van der Waals surface area contributed by atoms with Gasteiger partial charge in [-0.05, 0) is 55.5 Å². The van der Waals surface area contributed by atoms with Crippen LogP contribution in [0.2, 0.25) is 0 Å². The third kappa shape index (κ3) is 8.21. The summed E-state index contributed by atoms with van der Waals surface area (Å²) in [5.41, 5.74) is 3.26. The molecule has 0 aliphatic rings. The van der Waals surface area contributed by atoms with Crippen LogP contribution in [0.3, 0.4) is 0 Å². The molecule has 0 spiro atoms. The van der Waals surface area contributed by atoms with E-state index in [1.54, 1.807) is 42.5 Å². The molecular formula is C33H30FN3O8S. The van der Waals surface area contributed by atoms with Crippen LogP contribution in [0, 0.1) is 12.7 Å². The number of H-pyrrole nitrogens is 1. The van der Waals surface area contributed by atoms with Crippen molar-refractivity contribution in [3.05, 3.63) is 120 Å². The summed E-state index contributed by atoms with van der Waals surface area (Å²) in [7, 11) is -1.25. The number of carbonyl (C=O) groups excluding carboxylic acids is 1. The number of hydrogen-bond acceptors (Lipinski definition) is 9. The zero-order chi connectivity index (χ0) is 33.3. The van der Waals surface area contributed by atoms with Crippen molar-refractivity contribution in [3.8, 4) is 28.3 Å². The minimum absolute atomic E-state index is 0.178. The molecule has 0 saturated carbocycles. The van der Waals surface area contributed by atoms with Crippen molar-refractivity contribution in [1.29, 1.82) is 0 Å². The van der Waals surface area contributed by atoms with Gasteiger partial charge in [-0.25, -0.2) is 17.8 Å². The van der Waals surface area contributed by atoms with Crippen molar-refractivity contribution >= 4 is 27.0 Å². The second kappa shape index (κ2) is 15.1. The quantitative estimate of drug-likeness (QED) is 0.232. The number of furan rings is 1. The Bertz CT molecular complexity index is 1980. The van der Waals surface area contributed by atoms with Crippen molar-refractivity contribution in [3.63, 3.8) is 0 Å². The van der Waals surface area contributed by atoms with E-state index in [0.717, 1.165) is 5.56 Å². The lowest BCUT2D eigenvalue weighted by Crippen LogP contribution is -2.18. The number of amides is 1. The normalized spacial score (nSPS) is 10.7. The number of aromatic amines is 1. The van der Waals surface area contributed by atoms with Crippen LogP contribution in [0.25, 0.3) is 33.6 Å². The van der Waals surface area contributed by atoms with Crippen LogP contribution in [0.15, 0.2) is 111 Å². The highest BCUT2D eigenvalue weighted by Gasteiger charge is 2.24. The molecule has 6 rings (SSSR count). The van der Waals surface area contributed by atoms with Crippen LogP contribution in [0.5, 0.6) is 5.75 Å². The number of carbonyl (C=O) groups is 1. The first kappa shape index (κ1) is 33.5. The number of nitrogens with zero attached hydrogens (tertiary/aromatic N) is 1. The van der Waals surface area contributed by atoms with Gasteiger partial charge < -0.3 is 28.7 Å². The Morgan fingerprint density at radius 2 is 1.72 bits per heavy atom. The summed E-state index contributed by atoms with van der Waals surface area (Å²) in [5, 5.41) is 16.3. The van der Waals surface area contributed by atoms with Crippen LogP contribution in [-0.4, -0.2) is 43.3 Å². The zero-order valence-electron chi connectivity index (χ0n) is 25.0. The number of hydrogen-bond donors (Lipinski definition) is 2. The van der Waals surface area contributed by atoms with Gasteiger partial charge in [0, 0.05) is 41.8 Å². The largest absolute Gasteiger partial charge is 0.744 e. The minimum Gasteiger partial charge on any atom is -0.744 e. The average Bonchev–Trinajstić information content (AvgIpc) is 3.70. The Labute approximate surface area is 264 Å². The number of nitrogens with one attached hydrogen (secondary N) is 2. The van der Waals surface area contributed by atoms with E-state index in [1.165, 1.54) is 38.4 Å². The van der Waals surface area contributed by atoms with Crippen LogP contribution in [0.4, 0.5) is 4.39 Å². The number of aryl methyl sites for hydroxylation is 1. The second-order valence-corrected chi connectivity index (χ2v) is 11.0. The van der Waals surface area contributed by atoms with Gasteiger partial charge in [0.05, 0.1) is 17.6 Å². The van der Waals surface area contributed by atoms with Crippen LogP contribution >= 0.6 is 0 Å². The molecule has 0 bridgehead atoms. The smallest absolute Gasteiger partial charge is 0.255 e. The predicted octanol–water partition coefficient (Wildman–Crippen LogP) is 5.15. The molecule has 3 aromatic heterocycles. The Hall–Kier alpha value is -5.37. The maximum atomic E-state index is 13.3. The maximum Gasteiger partial charge on any atom is 0.255 e. The fourth-order valence-electron chi connectivity index (χ4n) is 4.21. The third-order valence-corrected chi connectivity index (χ3v) is 7.33. The standard InChI is InChI=1S/C21H17FN2O5.C7H8O3S.C5H5N/c1-23-21(26)19-15-9-17(27-2)14(16-7-13(10-25)29-24-16)8-18(15)28-20(19)11-3-5-12(22)6-4-11;1-6-2-4-7(5-3-6)11(8,9)10;1-2-4-6-5-3-1/h3-9,25H,10H2,1-2H3,(H,23,26);2-5H,1H3,(H,8,9,10);1-5H. The third-order valence-electron chi connectivity index (χ3n) is 6.48. The molecule has 3 heterocycles. The molecule has 0 unspecified atom stereocenters. The van der Waals surface area contributed by atoms with Gasteiger partial charge in [-0.1, -0.05) is 28.9 Å². The maximum absolute atomic E-state index is 13.3. The van der Waals surface area contributed by atoms with Gasteiger partial charge in [-0.2, -0.15) is 0 Å². The molecule has 0 atom stereocenters. The zero-order valence-corrected chi connectivity index (χ0v) is 25.8. The first-order valence-electron chi connectivity index (χ1n) is 13.7. The number of aliphatic hydroxyl groups excluding tert-OH is 1. The lowest BCUT2D eigenvalue weighted by atomic mass is 10.0. The highest BCUT2D eigenvalue weighted by Crippen LogP contribution is 2.40. The molecule has 3 N–H and O–H groups in total. The van der Waals surface area contributed by atoms with Crippen molar-refractivity contribution in [1.82, 2.24) is 10.5 Å². The summed E-state index contributed by atoms with van der Waals surface area (Å²) in [6.07, 6.45) is 3.75. The van der Waals surface area contributed by atoms with Crippen molar-refractivity contribution in [2.45, 2.75) is 18.4 Å². The second-order valence-electron chi connectivity index (χ2n) is 9.62. The summed E-state index contributed by atoms with van der Waals surface area (Å²) in [6, 6.07) is 22.3. The Morgan fingerprint density at radius 1 is 1.04 bits per heavy atom. The van der Waals surface area contributed by atoms with E-state index < -0.39 is 10.1 Å². The number of aliphatic hydroxyl groups is 1. The van der Waals surface area contributed by atoms with Gasteiger partial charge in [0.25, 0.3) is 5.91 Å². The molecule has 1 amide bonds. The number of methoxy groups -OCH3 is 1. The highest BCUT2D eigenvalue weighted by atomic mass is 32.2. The number of ether oxygens (including phenoxy) is 1. The predicted molar refractivity (Wildman–Crippen MR) is 165 cm³/mol. The fraction of sp³-hybridized carbons (Fsp3) is 0.121. The summed E-state index contributed by atoms with van der Waals surface area (Å²) in [6.45, 7) is 1.54. The molecule has 0 saturated heterocycles. The monoisotopic (exact) mass is 647 g/mol. The molecule has 0 aliphatic carbocycles. The van der Waals surface area contributed by atoms with Gasteiger partial charge in [-0.3, -0.25) is 4.79 Å². The molecular weight excluding hydrogens is 617 g/mol. The topological polar surface area (TPSA) is 169 Å². The van der Waals surface area contributed by atoms with Gasteiger partial charge >= 0.3 is 0 Å². The molecule has 13 heteroatoms. The van der Waals surface area contributed by atoms with Gasteiger partial charge in [0.2, 0.25) is 0 Å². The summed E-state index contributed by atoms with van der Waals surface area (Å²) < 4.78 is 61.0. The molecule has 0 radical (unpaired) electrons. The molecule has 11 nitrogen and oxygen atoms in total. The molecule has 46 heavy (non-hydrogen) atoms. The fourth-order valence-corrected chi connectivity index (χ4v) is 4.68. The van der Waals surface area contributed by atoms with Gasteiger partial charge in [0.1, 0.15) is 45.3 Å². The Balaban J connectivity index is 0.000000230. The van der Waals surface area contributed by atoms with Crippen molar-refractivity contribution < 1.29 is 45.9 Å². The van der Waals surface area contributed by atoms with Crippen LogP contribution < -0.4 is 15.0 Å². The number of rotatable bonds is 6. The molecule has 6 aromatic rings. The van der Waals surface area contributed by atoms with E-state index in [1.807, 2.05) is 37.5 Å². The lowest BCUT2D eigenvalue weighted by Gasteiger charge is -2.06. The molecule has 3 aromatic carbocycles. The first-order valence-corrected chi connectivity index (χ1v) is 15.1. The minimum atomic E-state index is -4.27. The lowest BCUT2D eigenvalue weighted by molar-refractivity contribution is -0.377. The van der Waals surface area contributed by atoms with Crippen LogP contribution in [-0.2, 0) is 16.7 Å². The average molecular weight is 648 g/mol. The number of halogens is 1. The number of benzene rings is 3. The molecule has 238 valence electrons. The number of fused-ring (bicyclic) bond motifs is 1.